The molecule has 7 heteroatoms. The van der Waals surface area contributed by atoms with E-state index in [1.54, 1.807) is 0 Å². The van der Waals surface area contributed by atoms with Gasteiger partial charge in [0.15, 0.2) is 0 Å². The average molecular weight is 623 g/mol. The van der Waals surface area contributed by atoms with Gasteiger partial charge in [-0.3, -0.25) is 9.59 Å². The molecule has 0 aliphatic heterocycles. The highest BCUT2D eigenvalue weighted by atomic mass is 35.5. The summed E-state index contributed by atoms with van der Waals surface area (Å²) in [7, 11) is 0. The molecule has 0 saturated heterocycles. The van der Waals surface area contributed by atoms with E-state index in [1.807, 2.05) is 30.3 Å². The predicted octanol–water partition coefficient (Wildman–Crippen LogP) is 8.01. The molecule has 43 heavy (non-hydrogen) atoms. The third-order valence-corrected chi connectivity index (χ3v) is 8.08. The Balaban J connectivity index is 0.0000176. The van der Waals surface area contributed by atoms with Crippen molar-refractivity contribution in [3.63, 3.8) is 0 Å². The first kappa shape index (κ1) is 41.4. The maximum atomic E-state index is 12.8. The average Bonchev–Trinajstić information content (AvgIpc) is 3.00. The number of rotatable bonds is 30. The molecular formula is C36H67ClN4O2. The zero-order valence-corrected chi connectivity index (χ0v) is 28.5. The summed E-state index contributed by atoms with van der Waals surface area (Å²) in [6.45, 7) is 5.43. The highest BCUT2D eigenvalue weighted by molar-refractivity contribution is 5.87. The van der Waals surface area contributed by atoms with Crippen LogP contribution in [0.2, 0.25) is 0 Å². The van der Waals surface area contributed by atoms with Gasteiger partial charge in [0.2, 0.25) is 11.8 Å². The molecule has 1 aromatic carbocycles. The number of hydrogen-bond acceptors (Lipinski definition) is 4. The minimum absolute atomic E-state index is 0. The summed E-state index contributed by atoms with van der Waals surface area (Å²) in [5.41, 5.74) is 6.59. The molecule has 1 aromatic rings. The van der Waals surface area contributed by atoms with Gasteiger partial charge in [-0.2, -0.15) is 0 Å². The number of carbonyl (C=O) groups excluding carboxylic acids is 2. The highest BCUT2D eigenvalue weighted by Crippen LogP contribution is 2.13. The van der Waals surface area contributed by atoms with Crippen molar-refractivity contribution < 1.29 is 9.59 Å². The van der Waals surface area contributed by atoms with E-state index in [4.69, 9.17) is 5.73 Å². The summed E-state index contributed by atoms with van der Waals surface area (Å²) < 4.78 is 0. The van der Waals surface area contributed by atoms with Crippen molar-refractivity contribution in [3.05, 3.63) is 35.9 Å². The van der Waals surface area contributed by atoms with E-state index in [0.29, 0.717) is 25.9 Å². The number of halogens is 1. The molecule has 0 unspecified atom stereocenters. The molecule has 6 nitrogen and oxygen atoms in total. The Morgan fingerprint density at radius 3 is 1.70 bits per heavy atom. The van der Waals surface area contributed by atoms with Crippen molar-refractivity contribution in [1.82, 2.24) is 16.0 Å². The van der Waals surface area contributed by atoms with Crippen LogP contribution in [0.25, 0.3) is 0 Å². The lowest BCUT2D eigenvalue weighted by Gasteiger charge is -2.19. The number of unbranched alkanes of at least 4 members (excludes halogenated alkanes) is 17. The molecule has 0 heterocycles. The molecule has 250 valence electrons. The molecule has 0 radical (unpaired) electrons. The Bertz CT molecular complexity index is 750. The number of amides is 2. The quantitative estimate of drug-likeness (QED) is 0.0653. The lowest BCUT2D eigenvalue weighted by atomic mass is 10.0. The zero-order valence-electron chi connectivity index (χ0n) is 27.7. The van der Waals surface area contributed by atoms with Gasteiger partial charge in [-0.05, 0) is 50.9 Å². The molecule has 5 N–H and O–H groups in total. The smallest absolute Gasteiger partial charge is 0.242 e. The lowest BCUT2D eigenvalue weighted by Crippen LogP contribution is -2.48. The van der Waals surface area contributed by atoms with Crippen molar-refractivity contribution in [2.75, 3.05) is 26.2 Å². The number of benzene rings is 1. The molecule has 0 aliphatic rings. The Labute approximate surface area is 271 Å². The minimum Gasteiger partial charge on any atom is -0.354 e. The molecule has 1 rings (SSSR count). The Hall–Kier alpha value is -1.63. The second-order valence-electron chi connectivity index (χ2n) is 12.1. The number of hydrogen-bond donors (Lipinski definition) is 4. The molecule has 0 saturated carbocycles. The van der Waals surface area contributed by atoms with Gasteiger partial charge in [-0.15, -0.1) is 12.4 Å². The minimum atomic E-state index is -0.549. The van der Waals surface area contributed by atoms with Crippen LogP contribution in [-0.4, -0.2) is 44.0 Å². The normalized spacial score (nSPS) is 11.6. The van der Waals surface area contributed by atoms with E-state index in [2.05, 4.69) is 22.9 Å². The molecule has 2 amide bonds. The van der Waals surface area contributed by atoms with Crippen molar-refractivity contribution in [2.24, 2.45) is 5.73 Å². The standard InChI is InChI=1S/C36H66N4O2.ClH/c1-2-3-4-5-6-7-8-9-10-11-12-13-14-15-16-22-29-38-30-24-27-35(41)40-34(32-33-25-19-17-20-26-33)36(42)39-31-23-18-21-28-37;/h17,19-20,25-26,34,38H,2-16,18,21-24,27-32,37H2,1H3,(H,39,42)(H,40,41);1H/t34-;/m0./s1. The maximum Gasteiger partial charge on any atom is 0.242 e. The second-order valence-corrected chi connectivity index (χ2v) is 12.1. The van der Waals surface area contributed by atoms with Gasteiger partial charge in [-0.25, -0.2) is 0 Å². The van der Waals surface area contributed by atoms with Crippen LogP contribution in [0.5, 0.6) is 0 Å². The summed E-state index contributed by atoms with van der Waals surface area (Å²) in [6.07, 6.45) is 26.8. The fraction of sp³-hybridized carbons (Fsp3) is 0.778. The summed E-state index contributed by atoms with van der Waals surface area (Å²) in [5.74, 6) is -0.167. The fourth-order valence-electron chi connectivity index (χ4n) is 5.40. The first-order chi connectivity index (χ1) is 20.7. The first-order valence-corrected chi connectivity index (χ1v) is 17.7. The fourth-order valence-corrected chi connectivity index (χ4v) is 5.40. The molecule has 0 aromatic heterocycles. The third-order valence-electron chi connectivity index (χ3n) is 8.08. The molecule has 0 spiro atoms. The van der Waals surface area contributed by atoms with Crippen LogP contribution in [0.3, 0.4) is 0 Å². The topological polar surface area (TPSA) is 96.2 Å². The highest BCUT2D eigenvalue weighted by Gasteiger charge is 2.20. The second kappa shape index (κ2) is 31.8. The van der Waals surface area contributed by atoms with Gasteiger partial charge in [0.1, 0.15) is 6.04 Å². The monoisotopic (exact) mass is 622 g/mol. The van der Waals surface area contributed by atoms with Gasteiger partial charge < -0.3 is 21.7 Å². The zero-order chi connectivity index (χ0) is 30.4. The Kier molecular flexibility index (Phi) is 30.6. The summed E-state index contributed by atoms with van der Waals surface area (Å²) in [4.78, 5) is 25.4. The molecule has 0 aliphatic carbocycles. The van der Waals surface area contributed by atoms with E-state index in [9.17, 15) is 9.59 Å². The van der Waals surface area contributed by atoms with Gasteiger partial charge in [0.05, 0.1) is 0 Å². The summed E-state index contributed by atoms with van der Waals surface area (Å²) >= 11 is 0. The Morgan fingerprint density at radius 1 is 0.651 bits per heavy atom. The number of carbonyl (C=O) groups is 2. The van der Waals surface area contributed by atoms with Crippen LogP contribution in [-0.2, 0) is 16.0 Å². The van der Waals surface area contributed by atoms with Gasteiger partial charge in [-0.1, -0.05) is 140 Å². The van der Waals surface area contributed by atoms with E-state index in [-0.39, 0.29) is 24.2 Å². The van der Waals surface area contributed by atoms with E-state index in [1.165, 1.54) is 103 Å². The van der Waals surface area contributed by atoms with Crippen LogP contribution in [0.15, 0.2) is 30.3 Å². The number of nitrogens with one attached hydrogen (secondary N) is 3. The van der Waals surface area contributed by atoms with Crippen molar-refractivity contribution in [1.29, 1.82) is 0 Å². The van der Waals surface area contributed by atoms with Crippen molar-refractivity contribution in [2.45, 2.75) is 154 Å². The van der Waals surface area contributed by atoms with Crippen LogP contribution in [0.1, 0.15) is 147 Å². The third kappa shape index (κ3) is 26.5. The van der Waals surface area contributed by atoms with Crippen LogP contribution < -0.4 is 21.7 Å². The molecule has 0 fully saturated rings. The summed E-state index contributed by atoms with van der Waals surface area (Å²) in [6, 6.07) is 9.33. The molecule has 0 bridgehead atoms. The number of nitrogens with two attached hydrogens (primary N) is 1. The van der Waals surface area contributed by atoms with Crippen LogP contribution >= 0.6 is 12.4 Å². The van der Waals surface area contributed by atoms with Crippen LogP contribution in [0.4, 0.5) is 0 Å². The molecular weight excluding hydrogens is 556 g/mol. The largest absolute Gasteiger partial charge is 0.354 e. The lowest BCUT2D eigenvalue weighted by molar-refractivity contribution is -0.129. The maximum absolute atomic E-state index is 12.8. The SMILES string of the molecule is CCCCCCCCCCCCCCCCCCNCCCC(=O)N[C@@H](Cc1ccccc1)C(=O)NCCCCCN.Cl. The van der Waals surface area contributed by atoms with Crippen molar-refractivity contribution >= 4 is 24.2 Å². The van der Waals surface area contributed by atoms with Crippen molar-refractivity contribution in [3.8, 4) is 0 Å². The predicted molar refractivity (Wildman–Crippen MR) is 187 cm³/mol. The summed E-state index contributed by atoms with van der Waals surface area (Å²) in [5, 5.41) is 9.45. The van der Waals surface area contributed by atoms with E-state index < -0.39 is 6.04 Å². The molecule has 1 atom stereocenters. The van der Waals surface area contributed by atoms with E-state index in [0.717, 1.165) is 44.3 Å². The van der Waals surface area contributed by atoms with Gasteiger partial charge >= 0.3 is 0 Å². The Morgan fingerprint density at radius 2 is 1.14 bits per heavy atom. The van der Waals surface area contributed by atoms with Gasteiger partial charge in [0, 0.05) is 19.4 Å². The van der Waals surface area contributed by atoms with E-state index >= 15 is 0 Å². The first-order valence-electron chi connectivity index (χ1n) is 17.7. The van der Waals surface area contributed by atoms with Crippen LogP contribution in [0, 0.1) is 0 Å². The van der Waals surface area contributed by atoms with Gasteiger partial charge in [0.25, 0.3) is 0 Å².